The molecule has 11 heteroatoms. The number of anilines is 3. The average Bonchev–Trinajstić information content (AvgIpc) is 2.93. The van der Waals surface area contributed by atoms with Gasteiger partial charge in [-0.2, -0.15) is 0 Å². The number of rotatable bonds is 6. The van der Waals surface area contributed by atoms with Crippen molar-refractivity contribution in [3.05, 3.63) is 77.3 Å². The molecule has 200 valence electrons. The lowest BCUT2D eigenvalue weighted by Crippen LogP contribution is -2.55. The summed E-state index contributed by atoms with van der Waals surface area (Å²) in [5, 5.41) is 0.0767. The van der Waals surface area contributed by atoms with Crippen molar-refractivity contribution >= 4 is 44.6 Å². The molecule has 8 nitrogen and oxygen atoms in total. The van der Waals surface area contributed by atoms with Crippen molar-refractivity contribution in [3.63, 3.8) is 0 Å². The van der Waals surface area contributed by atoms with E-state index in [1.54, 1.807) is 48.5 Å². The molecule has 38 heavy (non-hydrogen) atoms. The zero-order valence-corrected chi connectivity index (χ0v) is 22.6. The van der Waals surface area contributed by atoms with Crippen LogP contribution in [0.25, 0.3) is 0 Å². The van der Waals surface area contributed by atoms with E-state index in [-0.39, 0.29) is 33.5 Å². The van der Waals surface area contributed by atoms with Crippen molar-refractivity contribution in [1.82, 2.24) is 9.88 Å². The minimum atomic E-state index is -3.82. The Bertz CT molecular complexity index is 1430. The maximum Gasteiger partial charge on any atom is 0.261 e. The summed E-state index contributed by atoms with van der Waals surface area (Å²) in [6, 6.07) is 14.2. The molecule has 0 aliphatic carbocycles. The van der Waals surface area contributed by atoms with E-state index in [9.17, 15) is 17.6 Å². The predicted molar refractivity (Wildman–Crippen MR) is 147 cm³/mol. The van der Waals surface area contributed by atoms with E-state index in [1.807, 2.05) is 11.8 Å². The Hall–Kier alpha value is -3.37. The summed E-state index contributed by atoms with van der Waals surface area (Å²) in [7, 11) is -3.82. The summed E-state index contributed by atoms with van der Waals surface area (Å²) in [5.41, 5.74) is 2.99. The largest absolute Gasteiger partial charge is 0.368 e. The number of nitrogens with zero attached hydrogens (tertiary/aromatic N) is 4. The maximum absolute atomic E-state index is 13.7. The van der Waals surface area contributed by atoms with Gasteiger partial charge < -0.3 is 14.7 Å². The minimum Gasteiger partial charge on any atom is -0.368 e. The number of nitrogens with one attached hydrogen (secondary N) is 1. The first-order chi connectivity index (χ1) is 18.2. The van der Waals surface area contributed by atoms with Crippen LogP contribution < -0.4 is 14.5 Å². The zero-order valence-electron chi connectivity index (χ0n) is 21.0. The summed E-state index contributed by atoms with van der Waals surface area (Å²) in [4.78, 5) is 23.4. The fraction of sp³-hybridized carbons (Fsp3) is 0.333. The first-order valence-electron chi connectivity index (χ1n) is 12.5. The molecule has 0 spiro atoms. The van der Waals surface area contributed by atoms with Crippen molar-refractivity contribution < 1.29 is 17.6 Å². The fourth-order valence-electron chi connectivity index (χ4n) is 5.08. The van der Waals surface area contributed by atoms with Gasteiger partial charge in [-0.05, 0) is 79.9 Å². The Balaban J connectivity index is 1.20. The molecule has 1 aromatic heterocycles. The topological polar surface area (TPSA) is 85.8 Å². The van der Waals surface area contributed by atoms with Gasteiger partial charge in [0.25, 0.3) is 10.0 Å². The van der Waals surface area contributed by atoms with Gasteiger partial charge in [-0.15, -0.1) is 0 Å². The molecule has 0 bridgehead atoms. The average molecular weight is 558 g/mol. The number of amides is 1. The highest BCUT2D eigenvalue weighted by molar-refractivity contribution is 7.92. The first kappa shape index (κ1) is 26.2. The number of hydrogen-bond acceptors (Lipinski definition) is 6. The molecule has 1 atom stereocenters. The van der Waals surface area contributed by atoms with Gasteiger partial charge in [-0.1, -0.05) is 11.6 Å². The van der Waals surface area contributed by atoms with Crippen LogP contribution in [0, 0.1) is 5.82 Å². The Morgan fingerprint density at radius 1 is 1.05 bits per heavy atom. The smallest absolute Gasteiger partial charge is 0.261 e. The van der Waals surface area contributed by atoms with Gasteiger partial charge in [0.05, 0.1) is 10.6 Å². The van der Waals surface area contributed by atoms with Gasteiger partial charge in [0.15, 0.2) is 5.15 Å². The lowest BCUT2D eigenvalue weighted by atomic mass is 9.99. The molecule has 1 N–H and O–H groups in total. The zero-order chi connectivity index (χ0) is 26.9. The Kier molecular flexibility index (Phi) is 7.45. The van der Waals surface area contributed by atoms with E-state index in [4.69, 9.17) is 11.6 Å². The molecule has 0 radical (unpaired) electrons. The summed E-state index contributed by atoms with van der Waals surface area (Å²) >= 11 is 5.98. The molecule has 1 fully saturated rings. The van der Waals surface area contributed by atoms with Gasteiger partial charge in [-0.3, -0.25) is 9.52 Å². The van der Waals surface area contributed by atoms with Crippen LogP contribution in [0.5, 0.6) is 0 Å². The number of hydrogen-bond donors (Lipinski definition) is 1. The van der Waals surface area contributed by atoms with Crippen molar-refractivity contribution in [1.29, 1.82) is 0 Å². The predicted octanol–water partition coefficient (Wildman–Crippen LogP) is 4.16. The van der Waals surface area contributed by atoms with Gasteiger partial charge >= 0.3 is 0 Å². The van der Waals surface area contributed by atoms with Crippen molar-refractivity contribution in [2.24, 2.45) is 0 Å². The SMILES string of the molecule is C[C@H](C(=O)N1CCN(c2ccc(S(=O)(=O)Nc3cccnc3Cl)cc2)CC1)N1CCCc2cc(F)ccc21. The Labute approximate surface area is 227 Å². The van der Waals surface area contributed by atoms with E-state index < -0.39 is 10.0 Å². The standard InChI is InChI=1S/C27H29ClFN5O3S/c1-19(34-13-3-4-20-18-21(29)6-11-25(20)34)27(35)33-16-14-32(15-17-33)22-7-9-23(10-8-22)38(36,37)31-24-5-2-12-30-26(24)28/h2,5-12,18-19,31H,3-4,13-17H2,1H3/t19-/m1/s1. The summed E-state index contributed by atoms with van der Waals surface area (Å²) in [6.07, 6.45) is 3.19. The monoisotopic (exact) mass is 557 g/mol. The number of aromatic nitrogens is 1. The third kappa shape index (κ3) is 5.42. The molecule has 1 amide bonds. The summed E-state index contributed by atoms with van der Waals surface area (Å²) in [6.45, 7) is 5.08. The van der Waals surface area contributed by atoms with Crippen LogP contribution in [0.15, 0.2) is 65.7 Å². The number of pyridine rings is 1. The number of aryl methyl sites for hydroxylation is 1. The number of carbonyl (C=O) groups excluding carboxylic acids is 1. The van der Waals surface area contributed by atoms with Crippen LogP contribution in [0.2, 0.25) is 5.15 Å². The third-order valence-corrected chi connectivity index (χ3v) is 8.81. The highest BCUT2D eigenvalue weighted by atomic mass is 35.5. The number of halogens is 2. The van der Waals surface area contributed by atoms with E-state index in [1.165, 1.54) is 12.3 Å². The summed E-state index contributed by atoms with van der Waals surface area (Å²) < 4.78 is 41.7. The molecule has 0 unspecified atom stereocenters. The van der Waals surface area contributed by atoms with Crippen molar-refractivity contribution in [2.75, 3.05) is 47.2 Å². The number of benzene rings is 2. The molecule has 2 aliphatic heterocycles. The second-order valence-electron chi connectivity index (χ2n) is 9.50. The van der Waals surface area contributed by atoms with Gasteiger partial charge in [-0.25, -0.2) is 17.8 Å². The first-order valence-corrected chi connectivity index (χ1v) is 14.4. The lowest BCUT2D eigenvalue weighted by molar-refractivity contribution is -0.132. The van der Waals surface area contributed by atoms with Gasteiger partial charge in [0.2, 0.25) is 5.91 Å². The molecular weight excluding hydrogens is 529 g/mol. The van der Waals surface area contributed by atoms with Crippen LogP contribution in [-0.2, 0) is 21.2 Å². The molecule has 2 aromatic carbocycles. The molecular formula is C27H29ClFN5O3S. The molecule has 3 aromatic rings. The van der Waals surface area contributed by atoms with Crippen LogP contribution in [0.3, 0.4) is 0 Å². The third-order valence-electron chi connectivity index (χ3n) is 7.13. The Morgan fingerprint density at radius 2 is 1.79 bits per heavy atom. The molecule has 0 saturated carbocycles. The summed E-state index contributed by atoms with van der Waals surface area (Å²) in [5.74, 6) is -0.191. The number of piperazine rings is 1. The molecule has 5 rings (SSSR count). The van der Waals surface area contributed by atoms with Crippen LogP contribution >= 0.6 is 11.6 Å². The maximum atomic E-state index is 13.7. The van der Waals surface area contributed by atoms with E-state index in [0.717, 1.165) is 36.3 Å². The molecule has 3 heterocycles. The normalized spacial score (nSPS) is 16.7. The van der Waals surface area contributed by atoms with E-state index in [2.05, 4.69) is 19.5 Å². The number of fused-ring (bicyclic) bond motifs is 1. The molecule has 2 aliphatic rings. The second kappa shape index (κ2) is 10.8. The quantitative estimate of drug-likeness (QED) is 0.458. The highest BCUT2D eigenvalue weighted by Crippen LogP contribution is 2.30. The van der Waals surface area contributed by atoms with Gasteiger partial charge in [0, 0.05) is 50.3 Å². The highest BCUT2D eigenvalue weighted by Gasteiger charge is 2.31. The van der Waals surface area contributed by atoms with Gasteiger partial charge in [0.1, 0.15) is 11.9 Å². The molecule has 1 saturated heterocycles. The van der Waals surface area contributed by atoms with Crippen LogP contribution in [-0.4, -0.2) is 63.0 Å². The fourth-order valence-corrected chi connectivity index (χ4v) is 6.37. The van der Waals surface area contributed by atoms with E-state index in [0.29, 0.717) is 26.2 Å². The minimum absolute atomic E-state index is 0.0587. The second-order valence-corrected chi connectivity index (χ2v) is 11.5. The number of carbonyl (C=O) groups is 1. The van der Waals surface area contributed by atoms with Crippen molar-refractivity contribution in [3.8, 4) is 0 Å². The van der Waals surface area contributed by atoms with E-state index >= 15 is 0 Å². The Morgan fingerprint density at radius 3 is 2.50 bits per heavy atom. The van der Waals surface area contributed by atoms with Crippen LogP contribution in [0.4, 0.5) is 21.5 Å². The number of sulfonamides is 1. The van der Waals surface area contributed by atoms with Crippen molar-refractivity contribution in [2.45, 2.75) is 30.7 Å². The lowest BCUT2D eigenvalue weighted by Gasteiger charge is -2.41. The van der Waals surface area contributed by atoms with Crippen LogP contribution in [0.1, 0.15) is 18.9 Å².